The minimum atomic E-state index is 0.774. The standard InChI is InChI=1S/C27H22N2O3/c1-17-22(16-25(32-17)18-8-12-20(30-2)13-9-18)27-26(19-10-14-21(31-3)15-11-19)28-23-6-4-5-7-24(23)29-27/h4-16H,1-3H3. The van der Waals surface area contributed by atoms with Crippen LogP contribution in [0.1, 0.15) is 5.76 Å². The van der Waals surface area contributed by atoms with Crippen molar-refractivity contribution in [3.63, 3.8) is 0 Å². The first-order chi connectivity index (χ1) is 15.7. The third kappa shape index (κ3) is 3.58. The minimum absolute atomic E-state index is 0.774. The quantitative estimate of drug-likeness (QED) is 0.321. The van der Waals surface area contributed by atoms with Crippen molar-refractivity contribution >= 4 is 11.0 Å². The van der Waals surface area contributed by atoms with E-state index < -0.39 is 0 Å². The molecule has 0 fully saturated rings. The van der Waals surface area contributed by atoms with Crippen molar-refractivity contribution in [1.82, 2.24) is 9.97 Å². The average Bonchev–Trinajstić information content (AvgIpc) is 3.24. The predicted molar refractivity (Wildman–Crippen MR) is 126 cm³/mol. The number of hydrogen-bond acceptors (Lipinski definition) is 5. The molecule has 0 spiro atoms. The molecule has 0 atom stereocenters. The largest absolute Gasteiger partial charge is 0.497 e. The average molecular weight is 422 g/mol. The number of benzene rings is 3. The summed E-state index contributed by atoms with van der Waals surface area (Å²) in [7, 11) is 3.31. The molecule has 0 aliphatic heterocycles. The molecule has 5 rings (SSSR count). The van der Waals surface area contributed by atoms with Gasteiger partial charge in [0.1, 0.15) is 28.7 Å². The number of para-hydroxylation sites is 2. The highest BCUT2D eigenvalue weighted by Gasteiger charge is 2.19. The van der Waals surface area contributed by atoms with Crippen molar-refractivity contribution < 1.29 is 13.9 Å². The van der Waals surface area contributed by atoms with Gasteiger partial charge in [-0.2, -0.15) is 0 Å². The van der Waals surface area contributed by atoms with Crippen molar-refractivity contribution in [1.29, 1.82) is 0 Å². The molecule has 5 heteroatoms. The van der Waals surface area contributed by atoms with E-state index in [1.807, 2.05) is 85.8 Å². The topological polar surface area (TPSA) is 57.4 Å². The van der Waals surface area contributed by atoms with Crippen molar-refractivity contribution in [3.8, 4) is 45.3 Å². The molecule has 2 heterocycles. The highest BCUT2D eigenvalue weighted by Crippen LogP contribution is 2.37. The Morgan fingerprint density at radius 2 is 1.19 bits per heavy atom. The number of aromatic nitrogens is 2. The molecule has 0 amide bonds. The number of fused-ring (bicyclic) bond motifs is 1. The Labute approximate surface area is 186 Å². The summed E-state index contributed by atoms with van der Waals surface area (Å²) in [5, 5.41) is 0. The Kier molecular flexibility index (Phi) is 5.07. The highest BCUT2D eigenvalue weighted by molar-refractivity contribution is 5.87. The van der Waals surface area contributed by atoms with E-state index in [1.165, 1.54) is 0 Å². The highest BCUT2D eigenvalue weighted by atomic mass is 16.5. The molecule has 5 aromatic rings. The first-order valence-corrected chi connectivity index (χ1v) is 10.3. The Morgan fingerprint density at radius 1 is 0.656 bits per heavy atom. The predicted octanol–water partition coefficient (Wildman–Crippen LogP) is 6.55. The lowest BCUT2D eigenvalue weighted by Gasteiger charge is -2.10. The van der Waals surface area contributed by atoms with Gasteiger partial charge >= 0.3 is 0 Å². The van der Waals surface area contributed by atoms with E-state index in [9.17, 15) is 0 Å². The molecule has 0 aliphatic carbocycles. The van der Waals surface area contributed by atoms with Crippen LogP contribution in [0.3, 0.4) is 0 Å². The molecule has 0 bridgehead atoms. The Bertz CT molecular complexity index is 1390. The van der Waals surface area contributed by atoms with Crippen LogP contribution in [0.2, 0.25) is 0 Å². The van der Waals surface area contributed by atoms with Gasteiger partial charge in [0, 0.05) is 16.7 Å². The van der Waals surface area contributed by atoms with Crippen LogP contribution in [0.15, 0.2) is 83.3 Å². The van der Waals surface area contributed by atoms with Crippen LogP contribution in [-0.4, -0.2) is 24.2 Å². The van der Waals surface area contributed by atoms with E-state index in [1.54, 1.807) is 14.2 Å². The first kappa shape index (κ1) is 19.8. The fraction of sp³-hybridized carbons (Fsp3) is 0.111. The van der Waals surface area contributed by atoms with Gasteiger partial charge in [0.2, 0.25) is 0 Å². The lowest BCUT2D eigenvalue weighted by atomic mass is 10.0. The number of hydrogen-bond donors (Lipinski definition) is 0. The smallest absolute Gasteiger partial charge is 0.134 e. The van der Waals surface area contributed by atoms with Gasteiger partial charge in [-0.25, -0.2) is 9.97 Å². The second-order valence-corrected chi connectivity index (χ2v) is 7.45. The molecule has 0 radical (unpaired) electrons. The summed E-state index contributed by atoms with van der Waals surface area (Å²) in [6.07, 6.45) is 0. The monoisotopic (exact) mass is 422 g/mol. The summed E-state index contributed by atoms with van der Waals surface area (Å²) < 4.78 is 16.7. The van der Waals surface area contributed by atoms with E-state index in [-0.39, 0.29) is 0 Å². The maximum Gasteiger partial charge on any atom is 0.134 e. The van der Waals surface area contributed by atoms with Gasteiger partial charge in [0.15, 0.2) is 0 Å². The summed E-state index contributed by atoms with van der Waals surface area (Å²) in [6, 6.07) is 25.6. The molecule has 32 heavy (non-hydrogen) atoms. The van der Waals surface area contributed by atoms with Crippen LogP contribution in [0.5, 0.6) is 11.5 Å². The molecule has 5 nitrogen and oxygen atoms in total. The molecule has 0 unspecified atom stereocenters. The zero-order chi connectivity index (χ0) is 22.1. The minimum Gasteiger partial charge on any atom is -0.497 e. The van der Waals surface area contributed by atoms with Crippen LogP contribution in [-0.2, 0) is 0 Å². The van der Waals surface area contributed by atoms with Crippen molar-refractivity contribution in [2.75, 3.05) is 14.2 Å². The van der Waals surface area contributed by atoms with E-state index in [4.69, 9.17) is 23.9 Å². The number of rotatable bonds is 5. The van der Waals surface area contributed by atoms with Gasteiger partial charge in [-0.15, -0.1) is 0 Å². The Hall–Kier alpha value is -4.12. The van der Waals surface area contributed by atoms with Gasteiger partial charge in [0.05, 0.1) is 30.9 Å². The van der Waals surface area contributed by atoms with E-state index in [0.717, 1.165) is 62.1 Å². The lowest BCUT2D eigenvalue weighted by molar-refractivity contribution is 0.414. The van der Waals surface area contributed by atoms with Crippen LogP contribution in [0.4, 0.5) is 0 Å². The Balaban J connectivity index is 1.68. The fourth-order valence-electron chi connectivity index (χ4n) is 3.75. The zero-order valence-electron chi connectivity index (χ0n) is 18.1. The van der Waals surface area contributed by atoms with Gasteiger partial charge in [-0.1, -0.05) is 12.1 Å². The van der Waals surface area contributed by atoms with Gasteiger partial charge < -0.3 is 13.9 Å². The van der Waals surface area contributed by atoms with Crippen LogP contribution in [0.25, 0.3) is 44.9 Å². The molecule has 158 valence electrons. The maximum atomic E-state index is 6.14. The molecule has 0 saturated heterocycles. The summed E-state index contributed by atoms with van der Waals surface area (Å²) in [4.78, 5) is 9.95. The number of furan rings is 1. The molecule has 2 aromatic heterocycles. The summed E-state index contributed by atoms with van der Waals surface area (Å²) in [5.74, 6) is 3.16. The van der Waals surface area contributed by atoms with Crippen LogP contribution < -0.4 is 9.47 Å². The first-order valence-electron chi connectivity index (χ1n) is 10.3. The van der Waals surface area contributed by atoms with Gasteiger partial charge in [-0.3, -0.25) is 0 Å². The SMILES string of the molecule is COc1ccc(-c2cc(-c3nc4ccccc4nc3-c3ccc(OC)cc3)c(C)o2)cc1. The van der Waals surface area contributed by atoms with Crippen molar-refractivity contribution in [2.24, 2.45) is 0 Å². The molecule has 0 aliphatic rings. The summed E-state index contributed by atoms with van der Waals surface area (Å²) in [6.45, 7) is 1.96. The van der Waals surface area contributed by atoms with E-state index >= 15 is 0 Å². The number of ether oxygens (including phenoxy) is 2. The molecule has 3 aromatic carbocycles. The molecule has 0 N–H and O–H groups in total. The Morgan fingerprint density at radius 3 is 1.75 bits per heavy atom. The molecule has 0 saturated carbocycles. The molecular formula is C27H22N2O3. The number of methoxy groups -OCH3 is 2. The van der Waals surface area contributed by atoms with Crippen LogP contribution >= 0.6 is 0 Å². The van der Waals surface area contributed by atoms with Crippen LogP contribution in [0, 0.1) is 6.92 Å². The summed E-state index contributed by atoms with van der Waals surface area (Å²) in [5.41, 5.74) is 6.13. The molecular weight excluding hydrogens is 400 g/mol. The van der Waals surface area contributed by atoms with E-state index in [2.05, 4.69) is 0 Å². The number of nitrogens with zero attached hydrogens (tertiary/aromatic N) is 2. The van der Waals surface area contributed by atoms with Gasteiger partial charge in [-0.05, 0) is 73.7 Å². The van der Waals surface area contributed by atoms with Crippen molar-refractivity contribution in [2.45, 2.75) is 6.92 Å². The zero-order valence-corrected chi connectivity index (χ0v) is 18.1. The third-order valence-electron chi connectivity index (χ3n) is 5.48. The number of aryl methyl sites for hydroxylation is 1. The van der Waals surface area contributed by atoms with E-state index in [0.29, 0.717) is 0 Å². The maximum absolute atomic E-state index is 6.14. The summed E-state index contributed by atoms with van der Waals surface area (Å²) >= 11 is 0. The normalized spacial score (nSPS) is 11.0. The van der Waals surface area contributed by atoms with Gasteiger partial charge in [0.25, 0.3) is 0 Å². The third-order valence-corrected chi connectivity index (χ3v) is 5.48. The van der Waals surface area contributed by atoms with Crippen molar-refractivity contribution in [3.05, 3.63) is 84.6 Å². The second kappa shape index (κ2) is 8.19. The fourth-order valence-corrected chi connectivity index (χ4v) is 3.75. The second-order valence-electron chi connectivity index (χ2n) is 7.45. The lowest BCUT2D eigenvalue weighted by Crippen LogP contribution is -1.95.